The Kier molecular flexibility index (Phi) is 5.52. The molecule has 0 radical (unpaired) electrons. The number of hydrogen-bond donors (Lipinski definition) is 3. The molecule has 0 spiro atoms. The van der Waals surface area contributed by atoms with Gasteiger partial charge in [-0.3, -0.25) is 0 Å². The van der Waals surface area contributed by atoms with Gasteiger partial charge >= 0.3 is 5.97 Å². The molecule has 3 rings (SSSR count). The summed E-state index contributed by atoms with van der Waals surface area (Å²) in [6.45, 7) is 4.34. The molecule has 1 fully saturated rings. The van der Waals surface area contributed by atoms with Gasteiger partial charge in [0.25, 0.3) is 0 Å². The van der Waals surface area contributed by atoms with Crippen molar-refractivity contribution in [1.29, 1.82) is 0 Å². The minimum Gasteiger partial charge on any atom is -0.462 e. The maximum Gasteiger partial charge on any atom is 0.340 e. The Bertz CT molecular complexity index is 776. The van der Waals surface area contributed by atoms with Gasteiger partial charge in [0.2, 0.25) is 5.95 Å². The summed E-state index contributed by atoms with van der Waals surface area (Å²) >= 11 is 0. The SMILES string of the molecule is CCOC(=O)c1ccccc1NCc1cc(N2CC(NC)C2)nc(N)n1. The second-order valence-corrected chi connectivity index (χ2v) is 6.09. The fourth-order valence-electron chi connectivity index (χ4n) is 2.81. The van der Waals surface area contributed by atoms with Gasteiger partial charge in [-0.1, -0.05) is 12.1 Å². The fourth-order valence-corrected chi connectivity index (χ4v) is 2.81. The Balaban J connectivity index is 1.71. The number of carbonyl (C=O) groups is 1. The number of aromatic nitrogens is 2. The van der Waals surface area contributed by atoms with E-state index in [0.29, 0.717) is 30.4 Å². The number of anilines is 3. The first kappa shape index (κ1) is 17.9. The van der Waals surface area contributed by atoms with Crippen LogP contribution in [0, 0.1) is 0 Å². The van der Waals surface area contributed by atoms with Gasteiger partial charge in [-0.15, -0.1) is 0 Å². The molecule has 1 aromatic heterocycles. The Labute approximate surface area is 152 Å². The summed E-state index contributed by atoms with van der Waals surface area (Å²) in [6, 6.07) is 9.64. The maximum absolute atomic E-state index is 12.1. The standard InChI is InChI=1S/C18H24N6O2/c1-3-26-17(25)14-6-4-5-7-15(14)21-9-12-8-16(23-18(19)22-12)24-10-13(11-24)20-2/h4-8,13,20-21H,3,9-11H2,1-2H3,(H2,19,22,23). The topological polar surface area (TPSA) is 105 Å². The van der Waals surface area contributed by atoms with Crippen LogP contribution in [0.1, 0.15) is 23.0 Å². The first-order chi connectivity index (χ1) is 12.6. The van der Waals surface area contributed by atoms with Crippen molar-refractivity contribution in [2.45, 2.75) is 19.5 Å². The highest BCUT2D eigenvalue weighted by Gasteiger charge is 2.26. The van der Waals surface area contributed by atoms with Crippen molar-refractivity contribution in [3.8, 4) is 0 Å². The third-order valence-corrected chi connectivity index (χ3v) is 4.28. The number of carbonyl (C=O) groups excluding carboxylic acids is 1. The zero-order valence-corrected chi connectivity index (χ0v) is 15.0. The van der Waals surface area contributed by atoms with Crippen molar-refractivity contribution in [3.05, 3.63) is 41.6 Å². The molecular formula is C18H24N6O2. The lowest BCUT2D eigenvalue weighted by Gasteiger charge is -2.40. The summed E-state index contributed by atoms with van der Waals surface area (Å²) in [7, 11) is 1.95. The molecule has 1 saturated heterocycles. The predicted molar refractivity (Wildman–Crippen MR) is 101 cm³/mol. The predicted octanol–water partition coefficient (Wildman–Crippen LogP) is 1.26. The summed E-state index contributed by atoms with van der Waals surface area (Å²) in [5, 5.41) is 6.47. The van der Waals surface area contributed by atoms with Crippen molar-refractivity contribution in [3.63, 3.8) is 0 Å². The van der Waals surface area contributed by atoms with E-state index in [2.05, 4.69) is 25.5 Å². The zero-order valence-electron chi connectivity index (χ0n) is 15.0. The molecule has 0 aliphatic carbocycles. The fraction of sp³-hybridized carbons (Fsp3) is 0.389. The normalized spacial score (nSPS) is 14.0. The van der Waals surface area contributed by atoms with Crippen LogP contribution >= 0.6 is 0 Å². The van der Waals surface area contributed by atoms with Crippen LogP contribution in [0.15, 0.2) is 30.3 Å². The first-order valence-electron chi connectivity index (χ1n) is 8.66. The van der Waals surface area contributed by atoms with Gasteiger partial charge in [-0.2, -0.15) is 4.98 Å². The lowest BCUT2D eigenvalue weighted by molar-refractivity contribution is 0.0527. The molecule has 1 aliphatic heterocycles. The zero-order chi connectivity index (χ0) is 18.5. The quantitative estimate of drug-likeness (QED) is 0.637. The van der Waals surface area contributed by atoms with Crippen molar-refractivity contribution in [1.82, 2.24) is 15.3 Å². The van der Waals surface area contributed by atoms with Crippen molar-refractivity contribution in [2.75, 3.05) is 42.7 Å². The third-order valence-electron chi connectivity index (χ3n) is 4.28. The molecule has 0 bridgehead atoms. The number of ether oxygens (including phenoxy) is 1. The number of hydrogen-bond acceptors (Lipinski definition) is 8. The summed E-state index contributed by atoms with van der Waals surface area (Å²) in [4.78, 5) is 22.8. The highest BCUT2D eigenvalue weighted by molar-refractivity contribution is 5.95. The van der Waals surface area contributed by atoms with Crippen LogP contribution in [0.5, 0.6) is 0 Å². The smallest absolute Gasteiger partial charge is 0.340 e. The van der Waals surface area contributed by atoms with Crippen LogP contribution in [0.3, 0.4) is 0 Å². The molecule has 8 heteroatoms. The average Bonchev–Trinajstić information content (AvgIpc) is 2.59. The van der Waals surface area contributed by atoms with E-state index in [1.165, 1.54) is 0 Å². The Hall–Kier alpha value is -2.87. The minimum absolute atomic E-state index is 0.242. The van der Waals surface area contributed by atoms with Crippen LogP contribution in [-0.2, 0) is 11.3 Å². The molecule has 1 aromatic carbocycles. The average molecular weight is 356 g/mol. The molecule has 138 valence electrons. The number of nitrogens with one attached hydrogen (secondary N) is 2. The number of nitrogen functional groups attached to an aromatic ring is 1. The van der Waals surface area contributed by atoms with Gasteiger partial charge in [-0.25, -0.2) is 9.78 Å². The number of likely N-dealkylation sites (N-methyl/N-ethyl adjacent to an activating group) is 1. The van der Waals surface area contributed by atoms with Crippen LogP contribution in [0.4, 0.5) is 17.5 Å². The summed E-state index contributed by atoms with van der Waals surface area (Å²) in [5.74, 6) is 0.711. The lowest BCUT2D eigenvalue weighted by Crippen LogP contribution is -2.57. The molecular weight excluding hydrogens is 332 g/mol. The number of benzene rings is 1. The largest absolute Gasteiger partial charge is 0.462 e. The van der Waals surface area contributed by atoms with Gasteiger partial charge in [0.15, 0.2) is 0 Å². The highest BCUT2D eigenvalue weighted by Crippen LogP contribution is 2.21. The molecule has 2 heterocycles. The van der Waals surface area contributed by atoms with E-state index in [1.807, 2.05) is 25.2 Å². The molecule has 1 aliphatic rings. The second kappa shape index (κ2) is 8.01. The van der Waals surface area contributed by atoms with Gasteiger partial charge in [0.05, 0.1) is 24.4 Å². The Morgan fingerprint density at radius 2 is 2.12 bits per heavy atom. The lowest BCUT2D eigenvalue weighted by atomic mass is 10.1. The van der Waals surface area contributed by atoms with Gasteiger partial charge in [0.1, 0.15) is 5.82 Å². The van der Waals surface area contributed by atoms with Crippen molar-refractivity contribution >= 4 is 23.4 Å². The molecule has 0 unspecified atom stereocenters. The third kappa shape index (κ3) is 4.02. The number of para-hydroxylation sites is 1. The number of nitrogens with two attached hydrogens (primary N) is 1. The highest BCUT2D eigenvalue weighted by atomic mass is 16.5. The monoisotopic (exact) mass is 356 g/mol. The summed E-state index contributed by atoms with van der Waals surface area (Å²) < 4.78 is 5.10. The number of esters is 1. The minimum atomic E-state index is -0.350. The second-order valence-electron chi connectivity index (χ2n) is 6.09. The van der Waals surface area contributed by atoms with Crippen molar-refractivity contribution in [2.24, 2.45) is 0 Å². The molecule has 0 amide bonds. The summed E-state index contributed by atoms with van der Waals surface area (Å²) in [5.41, 5.74) is 7.82. The molecule has 8 nitrogen and oxygen atoms in total. The van der Waals surface area contributed by atoms with E-state index in [-0.39, 0.29) is 11.9 Å². The van der Waals surface area contributed by atoms with Crippen LogP contribution in [0.25, 0.3) is 0 Å². The Morgan fingerprint density at radius 3 is 2.85 bits per heavy atom. The van der Waals surface area contributed by atoms with Crippen LogP contribution in [-0.4, -0.2) is 48.7 Å². The molecule has 0 saturated carbocycles. The Morgan fingerprint density at radius 1 is 1.35 bits per heavy atom. The molecule has 26 heavy (non-hydrogen) atoms. The maximum atomic E-state index is 12.1. The van der Waals surface area contributed by atoms with Crippen LogP contribution < -0.4 is 21.3 Å². The van der Waals surface area contributed by atoms with Crippen LogP contribution in [0.2, 0.25) is 0 Å². The van der Waals surface area contributed by atoms with Gasteiger partial charge in [-0.05, 0) is 26.1 Å². The van der Waals surface area contributed by atoms with E-state index in [1.54, 1.807) is 19.1 Å². The van der Waals surface area contributed by atoms with E-state index in [4.69, 9.17) is 10.5 Å². The first-order valence-corrected chi connectivity index (χ1v) is 8.66. The van der Waals surface area contributed by atoms with Gasteiger partial charge in [0, 0.05) is 30.9 Å². The molecule has 0 atom stereocenters. The van der Waals surface area contributed by atoms with E-state index in [0.717, 1.165) is 24.6 Å². The van der Waals surface area contributed by atoms with E-state index in [9.17, 15) is 4.79 Å². The van der Waals surface area contributed by atoms with Gasteiger partial charge < -0.3 is 26.0 Å². The van der Waals surface area contributed by atoms with E-state index >= 15 is 0 Å². The van der Waals surface area contributed by atoms with E-state index < -0.39 is 0 Å². The number of nitrogens with zero attached hydrogens (tertiary/aromatic N) is 3. The molecule has 2 aromatic rings. The molecule has 4 N–H and O–H groups in total. The van der Waals surface area contributed by atoms with Crippen molar-refractivity contribution < 1.29 is 9.53 Å². The summed E-state index contributed by atoms with van der Waals surface area (Å²) in [6.07, 6.45) is 0. The number of rotatable bonds is 7.